The zero-order valence-corrected chi connectivity index (χ0v) is 15.2. The number of rotatable bonds is 5. The summed E-state index contributed by atoms with van der Waals surface area (Å²) in [6, 6.07) is 3.56. The lowest BCUT2D eigenvalue weighted by Crippen LogP contribution is -2.64. The molecule has 4 aliphatic rings. The monoisotopic (exact) mass is 361 g/mol. The van der Waals surface area contributed by atoms with Gasteiger partial charge in [0, 0.05) is 12.5 Å². The quantitative estimate of drug-likeness (QED) is 0.646. The van der Waals surface area contributed by atoms with E-state index < -0.39 is 5.41 Å². The zero-order chi connectivity index (χ0) is 17.7. The minimum Gasteiger partial charge on any atom is -0.457 e. The van der Waals surface area contributed by atoms with E-state index in [0.717, 1.165) is 32.1 Å². The van der Waals surface area contributed by atoms with Crippen molar-refractivity contribution in [2.45, 2.75) is 51.0 Å². The molecule has 4 atom stereocenters. The fourth-order valence-corrected chi connectivity index (χ4v) is 6.46. The topological polar surface area (TPSA) is 72.5 Å². The summed E-state index contributed by atoms with van der Waals surface area (Å²) in [5, 5.41) is 4.98. The van der Waals surface area contributed by atoms with Crippen LogP contribution in [0.3, 0.4) is 0 Å². The third-order valence-corrected chi connectivity index (χ3v) is 6.98. The van der Waals surface area contributed by atoms with E-state index in [-0.39, 0.29) is 29.8 Å². The molecule has 134 valence electrons. The van der Waals surface area contributed by atoms with Crippen LogP contribution in [0, 0.1) is 17.3 Å². The van der Waals surface area contributed by atoms with Crippen molar-refractivity contribution in [1.82, 2.24) is 5.32 Å². The van der Waals surface area contributed by atoms with Crippen LogP contribution in [0.4, 0.5) is 0 Å². The molecule has 0 saturated heterocycles. The van der Waals surface area contributed by atoms with E-state index in [4.69, 9.17) is 4.74 Å². The number of amides is 1. The van der Waals surface area contributed by atoms with Crippen LogP contribution >= 0.6 is 11.3 Å². The van der Waals surface area contributed by atoms with Crippen LogP contribution in [-0.4, -0.2) is 29.8 Å². The lowest BCUT2D eigenvalue weighted by Gasteiger charge is -2.60. The van der Waals surface area contributed by atoms with Crippen molar-refractivity contribution in [3.8, 4) is 0 Å². The van der Waals surface area contributed by atoms with Gasteiger partial charge in [-0.05, 0) is 61.8 Å². The Kier molecular flexibility index (Phi) is 3.98. The maximum Gasteiger partial charge on any atom is 0.312 e. The molecule has 0 aliphatic heterocycles. The maximum atomic E-state index is 12.9. The highest BCUT2D eigenvalue weighted by Gasteiger charge is 2.61. The van der Waals surface area contributed by atoms with E-state index in [9.17, 15) is 14.4 Å². The summed E-state index contributed by atoms with van der Waals surface area (Å²) in [5.74, 6) is 0.506. The number of ketones is 1. The van der Waals surface area contributed by atoms with Crippen molar-refractivity contribution >= 4 is 29.0 Å². The second-order valence-corrected chi connectivity index (χ2v) is 9.13. The second-order valence-electron chi connectivity index (χ2n) is 8.18. The summed E-state index contributed by atoms with van der Waals surface area (Å²) in [7, 11) is 0. The first-order valence-corrected chi connectivity index (χ1v) is 9.80. The van der Waals surface area contributed by atoms with Crippen LogP contribution in [0.15, 0.2) is 17.5 Å². The summed E-state index contributed by atoms with van der Waals surface area (Å²) < 4.78 is 5.47. The third-order valence-electron chi connectivity index (χ3n) is 6.07. The van der Waals surface area contributed by atoms with Crippen molar-refractivity contribution in [3.63, 3.8) is 0 Å². The summed E-state index contributed by atoms with van der Waals surface area (Å²) in [5.41, 5.74) is -0.783. The first kappa shape index (κ1) is 16.8. The highest BCUT2D eigenvalue weighted by molar-refractivity contribution is 7.12. The molecule has 4 saturated carbocycles. The molecule has 2 unspecified atom stereocenters. The minimum atomic E-state index is -0.526. The average molecular weight is 361 g/mol. The van der Waals surface area contributed by atoms with Crippen LogP contribution in [0.2, 0.25) is 0 Å². The molecule has 4 bridgehead atoms. The molecule has 1 heterocycles. The molecular formula is C19H23NO4S. The fourth-order valence-electron chi connectivity index (χ4n) is 5.81. The van der Waals surface area contributed by atoms with Gasteiger partial charge in [-0.15, -0.1) is 11.3 Å². The van der Waals surface area contributed by atoms with Gasteiger partial charge in [-0.25, -0.2) is 0 Å². The predicted octanol–water partition coefficient (Wildman–Crippen LogP) is 2.95. The largest absolute Gasteiger partial charge is 0.457 e. The maximum absolute atomic E-state index is 12.9. The lowest BCUT2D eigenvalue weighted by molar-refractivity contribution is -0.174. The van der Waals surface area contributed by atoms with Gasteiger partial charge in [0.15, 0.2) is 6.61 Å². The number of carbonyl (C=O) groups excluding carboxylic acids is 3. The fraction of sp³-hybridized carbons (Fsp3) is 0.632. The standard InChI is InChI=1S/C19H23NO4S/c1-12(21)20-19-8-13-5-14(9-19)7-18(6-13,11-19)17(23)24-10-15(22)16-3-2-4-25-16/h2-4,13-14H,5-11H2,1H3,(H,20,21)/t13-,14+,18?,19?. The molecule has 5 nitrogen and oxygen atoms in total. The van der Waals surface area contributed by atoms with Gasteiger partial charge in [0.25, 0.3) is 0 Å². The molecule has 5 rings (SSSR count). The van der Waals surface area contributed by atoms with Gasteiger partial charge in [-0.3, -0.25) is 14.4 Å². The number of nitrogens with one attached hydrogen (secondary N) is 1. The van der Waals surface area contributed by atoms with Gasteiger partial charge in [-0.1, -0.05) is 6.07 Å². The van der Waals surface area contributed by atoms with Crippen LogP contribution in [0.25, 0.3) is 0 Å². The van der Waals surface area contributed by atoms with E-state index in [2.05, 4.69) is 5.32 Å². The summed E-state index contributed by atoms with van der Waals surface area (Å²) in [4.78, 5) is 37.3. The SMILES string of the molecule is CC(=O)NC12C[C@H]3C[C@@H](C1)CC(C(=O)OCC(=O)c1cccs1)(C3)C2. The summed E-state index contributed by atoms with van der Waals surface area (Å²) in [6.07, 6.45) is 5.38. The smallest absolute Gasteiger partial charge is 0.312 e. The zero-order valence-electron chi connectivity index (χ0n) is 14.4. The second kappa shape index (κ2) is 5.94. The molecule has 25 heavy (non-hydrogen) atoms. The van der Waals surface area contributed by atoms with Gasteiger partial charge in [-0.2, -0.15) is 0 Å². The third kappa shape index (κ3) is 3.01. The van der Waals surface area contributed by atoms with Crippen molar-refractivity contribution in [3.05, 3.63) is 22.4 Å². The molecular weight excluding hydrogens is 338 g/mol. The van der Waals surface area contributed by atoms with Gasteiger partial charge in [0.1, 0.15) is 0 Å². The lowest BCUT2D eigenvalue weighted by atomic mass is 9.47. The molecule has 1 aromatic heterocycles. The Morgan fingerprint density at radius 1 is 1.24 bits per heavy atom. The van der Waals surface area contributed by atoms with Gasteiger partial charge in [0.05, 0.1) is 10.3 Å². The molecule has 1 N–H and O–H groups in total. The van der Waals surface area contributed by atoms with Crippen molar-refractivity contribution in [2.75, 3.05) is 6.61 Å². The molecule has 0 spiro atoms. The Morgan fingerprint density at radius 3 is 2.56 bits per heavy atom. The van der Waals surface area contributed by atoms with Gasteiger partial charge >= 0.3 is 5.97 Å². The van der Waals surface area contributed by atoms with E-state index in [0.29, 0.717) is 23.1 Å². The predicted molar refractivity (Wildman–Crippen MR) is 93.3 cm³/mol. The highest BCUT2D eigenvalue weighted by atomic mass is 32.1. The van der Waals surface area contributed by atoms with E-state index in [1.54, 1.807) is 13.0 Å². The number of hydrogen-bond acceptors (Lipinski definition) is 5. The van der Waals surface area contributed by atoms with Crippen LogP contribution < -0.4 is 5.32 Å². The van der Waals surface area contributed by atoms with Crippen molar-refractivity contribution < 1.29 is 19.1 Å². The number of Topliss-reactive ketones (excluding diaryl/α,β-unsaturated/α-hetero) is 1. The molecule has 1 amide bonds. The van der Waals surface area contributed by atoms with Crippen LogP contribution in [-0.2, 0) is 14.3 Å². The normalized spacial score (nSPS) is 35.4. The van der Waals surface area contributed by atoms with Crippen molar-refractivity contribution in [2.24, 2.45) is 17.3 Å². The molecule has 0 radical (unpaired) electrons. The van der Waals surface area contributed by atoms with E-state index in [1.807, 2.05) is 11.4 Å². The summed E-state index contributed by atoms with van der Waals surface area (Å²) in [6.45, 7) is 1.35. The summed E-state index contributed by atoms with van der Waals surface area (Å²) >= 11 is 1.36. The van der Waals surface area contributed by atoms with Crippen LogP contribution in [0.1, 0.15) is 55.1 Å². The Hall–Kier alpha value is -1.69. The number of carbonyl (C=O) groups is 3. The number of esters is 1. The Bertz CT molecular complexity index is 697. The highest BCUT2D eigenvalue weighted by Crippen LogP contribution is 2.62. The first-order valence-electron chi connectivity index (χ1n) is 8.92. The molecule has 4 aliphatic carbocycles. The Morgan fingerprint density at radius 2 is 1.96 bits per heavy atom. The number of ether oxygens (including phenoxy) is 1. The molecule has 6 heteroatoms. The first-order chi connectivity index (χ1) is 11.9. The minimum absolute atomic E-state index is 0.0293. The Labute approximate surface area is 151 Å². The Balaban J connectivity index is 1.48. The number of thiophene rings is 1. The van der Waals surface area contributed by atoms with E-state index >= 15 is 0 Å². The molecule has 4 fully saturated rings. The molecule has 0 aromatic carbocycles. The number of hydrogen-bond donors (Lipinski definition) is 1. The van der Waals surface area contributed by atoms with Gasteiger partial charge < -0.3 is 10.1 Å². The van der Waals surface area contributed by atoms with E-state index in [1.165, 1.54) is 11.3 Å². The van der Waals surface area contributed by atoms with Crippen molar-refractivity contribution in [1.29, 1.82) is 0 Å². The van der Waals surface area contributed by atoms with Crippen LogP contribution in [0.5, 0.6) is 0 Å². The average Bonchev–Trinajstić information content (AvgIpc) is 3.04. The molecule has 1 aromatic rings. The van der Waals surface area contributed by atoms with Gasteiger partial charge in [0.2, 0.25) is 11.7 Å².